The van der Waals surface area contributed by atoms with E-state index in [1.165, 1.54) is 18.2 Å². The van der Waals surface area contributed by atoms with Gasteiger partial charge in [-0.05, 0) is 42.3 Å². The van der Waals surface area contributed by atoms with Crippen molar-refractivity contribution in [3.05, 3.63) is 63.1 Å². The molecule has 2 rings (SSSR count). The summed E-state index contributed by atoms with van der Waals surface area (Å²) in [5.41, 5.74) is 0.981. The highest BCUT2D eigenvalue weighted by atomic mass is 79.9. The van der Waals surface area contributed by atoms with Crippen LogP contribution in [-0.2, 0) is 26.0 Å². The molecule has 0 bridgehead atoms. The molecule has 0 fully saturated rings. The van der Waals surface area contributed by atoms with Gasteiger partial charge in [0.05, 0.1) is 15.5 Å². The fourth-order valence-electron chi connectivity index (χ4n) is 2.11. The van der Waals surface area contributed by atoms with Gasteiger partial charge in [0, 0.05) is 11.0 Å². The van der Waals surface area contributed by atoms with Crippen LogP contribution in [0, 0.1) is 0 Å². The number of carbonyl (C=O) groups excluding carboxylic acids is 2. The summed E-state index contributed by atoms with van der Waals surface area (Å²) < 4.78 is 28.0. The van der Waals surface area contributed by atoms with Gasteiger partial charge in [-0.15, -0.1) is 0 Å². The van der Waals surface area contributed by atoms with Crippen LogP contribution in [0.3, 0.4) is 0 Å². The van der Waals surface area contributed by atoms with E-state index in [1.807, 2.05) is 0 Å². The van der Waals surface area contributed by atoms with Crippen molar-refractivity contribution in [3.63, 3.8) is 0 Å². The molecule has 7 nitrogen and oxygen atoms in total. The van der Waals surface area contributed by atoms with E-state index >= 15 is 0 Å². The molecule has 2 aromatic carbocycles. The van der Waals surface area contributed by atoms with Gasteiger partial charge in [0.2, 0.25) is 10.0 Å². The smallest absolute Gasteiger partial charge is 0.340 e. The van der Waals surface area contributed by atoms with E-state index in [9.17, 15) is 18.0 Å². The molecule has 0 saturated carbocycles. The SMILES string of the molecule is NS(=O)(=O)c1ccc(CCNC(=O)COC(=O)c2cc(Br)ccc2Cl)cc1. The number of primary sulfonamides is 1. The lowest BCUT2D eigenvalue weighted by Gasteiger charge is -2.08. The van der Waals surface area contributed by atoms with E-state index in [0.717, 1.165) is 5.56 Å². The van der Waals surface area contributed by atoms with Crippen molar-refractivity contribution in [3.8, 4) is 0 Å². The first kappa shape index (κ1) is 21.4. The molecular formula is C17H16BrClN2O5S. The maximum atomic E-state index is 12.0. The molecule has 0 heterocycles. The summed E-state index contributed by atoms with van der Waals surface area (Å²) in [4.78, 5) is 23.8. The summed E-state index contributed by atoms with van der Waals surface area (Å²) in [5, 5.41) is 7.86. The topological polar surface area (TPSA) is 116 Å². The molecule has 0 aromatic heterocycles. The number of nitrogens with one attached hydrogen (secondary N) is 1. The Labute approximate surface area is 170 Å². The highest BCUT2D eigenvalue weighted by Crippen LogP contribution is 2.21. The molecule has 2 aromatic rings. The van der Waals surface area contributed by atoms with Crippen LogP contribution in [-0.4, -0.2) is 33.4 Å². The van der Waals surface area contributed by atoms with Crippen molar-refractivity contribution in [2.24, 2.45) is 5.14 Å². The number of sulfonamides is 1. The highest BCUT2D eigenvalue weighted by molar-refractivity contribution is 9.10. The molecule has 0 saturated heterocycles. The Morgan fingerprint density at radius 2 is 1.81 bits per heavy atom. The minimum absolute atomic E-state index is 0.0217. The quantitative estimate of drug-likeness (QED) is 0.596. The highest BCUT2D eigenvalue weighted by Gasteiger charge is 2.14. The van der Waals surface area contributed by atoms with Crippen LogP contribution in [0.4, 0.5) is 0 Å². The van der Waals surface area contributed by atoms with E-state index in [4.69, 9.17) is 21.5 Å². The van der Waals surface area contributed by atoms with E-state index in [1.54, 1.807) is 24.3 Å². The van der Waals surface area contributed by atoms with Gasteiger partial charge in [0.15, 0.2) is 6.61 Å². The standard InChI is InChI=1S/C17H16BrClN2O5S/c18-12-3-6-15(19)14(9-12)17(23)26-10-16(22)21-8-7-11-1-4-13(5-2-11)27(20,24)25/h1-6,9H,7-8,10H2,(H,21,22)(H2,20,24,25). The van der Waals surface area contributed by atoms with Crippen LogP contribution in [0.5, 0.6) is 0 Å². The molecule has 0 atom stereocenters. The van der Waals surface area contributed by atoms with Crippen molar-refractivity contribution in [1.82, 2.24) is 5.32 Å². The number of hydrogen-bond acceptors (Lipinski definition) is 5. The monoisotopic (exact) mass is 474 g/mol. The summed E-state index contributed by atoms with van der Waals surface area (Å²) in [6, 6.07) is 10.8. The van der Waals surface area contributed by atoms with E-state index in [-0.39, 0.29) is 15.5 Å². The van der Waals surface area contributed by atoms with E-state index in [2.05, 4.69) is 21.2 Å². The molecule has 144 valence electrons. The second-order valence-electron chi connectivity index (χ2n) is 5.49. The van der Waals surface area contributed by atoms with Gasteiger partial charge in [0.25, 0.3) is 5.91 Å². The average Bonchev–Trinajstić information content (AvgIpc) is 2.61. The number of ether oxygens (including phenoxy) is 1. The molecule has 0 spiro atoms. The number of rotatable bonds is 7. The van der Waals surface area contributed by atoms with Gasteiger partial charge >= 0.3 is 5.97 Å². The number of carbonyl (C=O) groups is 2. The summed E-state index contributed by atoms with van der Waals surface area (Å²) >= 11 is 9.16. The Hall–Kier alpha value is -1.94. The third kappa shape index (κ3) is 6.62. The lowest BCUT2D eigenvalue weighted by atomic mass is 10.1. The fraction of sp³-hybridized carbons (Fsp3) is 0.176. The van der Waals surface area contributed by atoms with Gasteiger partial charge in [-0.1, -0.05) is 39.7 Å². The predicted octanol–water partition coefficient (Wildman–Crippen LogP) is 2.27. The number of benzene rings is 2. The van der Waals surface area contributed by atoms with Gasteiger partial charge in [-0.25, -0.2) is 18.4 Å². The lowest BCUT2D eigenvalue weighted by molar-refractivity contribution is -0.124. The number of halogens is 2. The lowest BCUT2D eigenvalue weighted by Crippen LogP contribution is -2.30. The van der Waals surface area contributed by atoms with Crippen molar-refractivity contribution >= 4 is 49.4 Å². The van der Waals surface area contributed by atoms with Crippen LogP contribution < -0.4 is 10.5 Å². The second-order valence-corrected chi connectivity index (χ2v) is 8.37. The Kier molecular flexibility index (Phi) is 7.37. The van der Waals surface area contributed by atoms with Crippen molar-refractivity contribution in [2.45, 2.75) is 11.3 Å². The molecule has 0 unspecified atom stereocenters. The first-order valence-corrected chi connectivity index (χ1v) is 10.4. The zero-order valence-corrected chi connectivity index (χ0v) is 17.1. The van der Waals surface area contributed by atoms with E-state index in [0.29, 0.717) is 17.4 Å². The molecule has 27 heavy (non-hydrogen) atoms. The number of esters is 1. The number of amides is 1. The minimum atomic E-state index is -3.73. The molecular weight excluding hydrogens is 460 g/mol. The Morgan fingerprint density at radius 3 is 2.44 bits per heavy atom. The first-order valence-electron chi connectivity index (χ1n) is 7.67. The normalized spacial score (nSPS) is 11.1. The average molecular weight is 476 g/mol. The summed E-state index contributed by atoms with van der Waals surface area (Å²) in [6.45, 7) is -0.144. The van der Waals surface area contributed by atoms with Crippen LogP contribution >= 0.6 is 27.5 Å². The van der Waals surface area contributed by atoms with Crippen molar-refractivity contribution < 1.29 is 22.7 Å². The molecule has 10 heteroatoms. The molecule has 0 aliphatic rings. The predicted molar refractivity (Wildman–Crippen MR) is 104 cm³/mol. The zero-order chi connectivity index (χ0) is 20.0. The fourth-order valence-corrected chi connectivity index (χ4v) is 3.18. The van der Waals surface area contributed by atoms with Crippen LogP contribution in [0.25, 0.3) is 0 Å². The summed E-state index contributed by atoms with van der Waals surface area (Å²) in [5.74, 6) is -1.16. The van der Waals surface area contributed by atoms with Crippen LogP contribution in [0.1, 0.15) is 15.9 Å². The molecule has 0 aliphatic carbocycles. The minimum Gasteiger partial charge on any atom is -0.452 e. The summed E-state index contributed by atoms with van der Waals surface area (Å²) in [7, 11) is -3.73. The third-order valence-corrected chi connectivity index (χ3v) is 5.22. The van der Waals surface area contributed by atoms with Gasteiger partial charge in [-0.3, -0.25) is 4.79 Å². The van der Waals surface area contributed by atoms with Crippen LogP contribution in [0.2, 0.25) is 5.02 Å². The second kappa shape index (κ2) is 9.32. The zero-order valence-electron chi connectivity index (χ0n) is 13.9. The molecule has 0 aliphatic heterocycles. The maximum absolute atomic E-state index is 12.0. The Bertz CT molecular complexity index is 948. The molecule has 3 N–H and O–H groups in total. The first-order chi connectivity index (χ1) is 12.7. The van der Waals surface area contributed by atoms with Crippen molar-refractivity contribution in [2.75, 3.05) is 13.2 Å². The maximum Gasteiger partial charge on any atom is 0.340 e. The Balaban J connectivity index is 1.78. The van der Waals surface area contributed by atoms with Crippen LogP contribution in [0.15, 0.2) is 51.8 Å². The Morgan fingerprint density at radius 1 is 1.15 bits per heavy atom. The number of nitrogens with two attached hydrogens (primary N) is 1. The van der Waals surface area contributed by atoms with Gasteiger partial charge < -0.3 is 10.1 Å². The molecule has 0 radical (unpaired) electrons. The van der Waals surface area contributed by atoms with Gasteiger partial charge in [0.1, 0.15) is 0 Å². The van der Waals surface area contributed by atoms with E-state index < -0.39 is 28.5 Å². The van der Waals surface area contributed by atoms with Crippen molar-refractivity contribution in [1.29, 1.82) is 0 Å². The summed E-state index contributed by atoms with van der Waals surface area (Å²) in [6.07, 6.45) is 0.474. The van der Waals surface area contributed by atoms with Gasteiger partial charge in [-0.2, -0.15) is 0 Å². The number of hydrogen-bond donors (Lipinski definition) is 2. The third-order valence-electron chi connectivity index (χ3n) is 3.47. The molecule has 1 amide bonds. The largest absolute Gasteiger partial charge is 0.452 e.